The molecule has 132 valence electrons. The standard InChI is InChI=1S/C20H21N5O/c1-13-4-3-5-15(14(13)2)10-25-7-6-18-17(11-25)20(26)24-19(23-18)16-8-21-12-22-9-16/h3-5,8-9,12H,6-7,10-11H2,1-2H3,(H,23,24,26). The van der Waals surface area contributed by atoms with Crippen LogP contribution >= 0.6 is 0 Å². The molecule has 1 aliphatic heterocycles. The van der Waals surface area contributed by atoms with Crippen LogP contribution in [0.15, 0.2) is 41.7 Å². The van der Waals surface area contributed by atoms with Gasteiger partial charge in [0.05, 0.1) is 16.8 Å². The molecule has 1 N–H and O–H groups in total. The summed E-state index contributed by atoms with van der Waals surface area (Å²) < 4.78 is 0. The van der Waals surface area contributed by atoms with Crippen molar-refractivity contribution in [3.05, 3.63) is 75.2 Å². The van der Waals surface area contributed by atoms with E-state index in [4.69, 9.17) is 0 Å². The molecular formula is C20H21N5O. The number of hydrogen-bond donors (Lipinski definition) is 1. The Bertz CT molecular complexity index is 997. The van der Waals surface area contributed by atoms with Gasteiger partial charge in [-0.05, 0) is 30.5 Å². The molecule has 0 spiro atoms. The molecule has 3 aromatic rings. The van der Waals surface area contributed by atoms with Crippen LogP contribution < -0.4 is 5.56 Å². The highest BCUT2D eigenvalue weighted by Gasteiger charge is 2.22. The lowest BCUT2D eigenvalue weighted by atomic mass is 10.0. The molecule has 0 atom stereocenters. The van der Waals surface area contributed by atoms with E-state index in [0.29, 0.717) is 12.4 Å². The van der Waals surface area contributed by atoms with E-state index in [0.717, 1.165) is 36.3 Å². The van der Waals surface area contributed by atoms with Gasteiger partial charge in [-0.2, -0.15) is 0 Å². The van der Waals surface area contributed by atoms with Crippen LogP contribution in [0.25, 0.3) is 11.4 Å². The van der Waals surface area contributed by atoms with Gasteiger partial charge in [-0.15, -0.1) is 0 Å². The first kappa shape index (κ1) is 16.6. The zero-order chi connectivity index (χ0) is 18.1. The van der Waals surface area contributed by atoms with Crippen molar-refractivity contribution in [1.82, 2.24) is 24.8 Å². The Labute approximate surface area is 152 Å². The molecule has 1 aromatic carbocycles. The summed E-state index contributed by atoms with van der Waals surface area (Å²) in [6, 6.07) is 6.39. The van der Waals surface area contributed by atoms with Crippen LogP contribution in [0.1, 0.15) is 27.9 Å². The van der Waals surface area contributed by atoms with Gasteiger partial charge in [0.1, 0.15) is 12.2 Å². The predicted octanol–water partition coefficient (Wildman–Crippen LogP) is 2.40. The van der Waals surface area contributed by atoms with Crippen LogP contribution in [0.2, 0.25) is 0 Å². The quantitative estimate of drug-likeness (QED) is 0.787. The molecule has 3 heterocycles. The summed E-state index contributed by atoms with van der Waals surface area (Å²) in [7, 11) is 0. The second-order valence-corrected chi connectivity index (χ2v) is 6.79. The molecule has 0 aliphatic carbocycles. The molecular weight excluding hydrogens is 326 g/mol. The van der Waals surface area contributed by atoms with E-state index in [1.165, 1.54) is 23.0 Å². The maximum absolute atomic E-state index is 12.6. The van der Waals surface area contributed by atoms with Crippen molar-refractivity contribution >= 4 is 0 Å². The van der Waals surface area contributed by atoms with Crippen molar-refractivity contribution in [2.75, 3.05) is 6.54 Å². The molecule has 0 unspecified atom stereocenters. The fourth-order valence-electron chi connectivity index (χ4n) is 3.40. The minimum absolute atomic E-state index is 0.0699. The van der Waals surface area contributed by atoms with Crippen molar-refractivity contribution in [2.45, 2.75) is 33.4 Å². The number of aromatic nitrogens is 4. The smallest absolute Gasteiger partial charge is 0.255 e. The molecule has 0 amide bonds. The zero-order valence-corrected chi connectivity index (χ0v) is 15.0. The molecule has 4 rings (SSSR count). The van der Waals surface area contributed by atoms with Crippen molar-refractivity contribution in [2.24, 2.45) is 0 Å². The van der Waals surface area contributed by atoms with E-state index in [-0.39, 0.29) is 5.56 Å². The van der Waals surface area contributed by atoms with Gasteiger partial charge in [0.15, 0.2) is 0 Å². The van der Waals surface area contributed by atoms with Gasteiger partial charge in [-0.1, -0.05) is 18.2 Å². The van der Waals surface area contributed by atoms with Gasteiger partial charge in [0.2, 0.25) is 0 Å². The Morgan fingerprint density at radius 3 is 2.81 bits per heavy atom. The first-order valence-electron chi connectivity index (χ1n) is 8.76. The summed E-state index contributed by atoms with van der Waals surface area (Å²) in [6.07, 6.45) is 5.55. The minimum Gasteiger partial charge on any atom is -0.306 e. The maximum atomic E-state index is 12.6. The number of aromatic amines is 1. The van der Waals surface area contributed by atoms with E-state index >= 15 is 0 Å². The highest BCUT2D eigenvalue weighted by molar-refractivity contribution is 5.52. The van der Waals surface area contributed by atoms with Gasteiger partial charge in [-0.3, -0.25) is 9.69 Å². The Kier molecular flexibility index (Phi) is 4.34. The molecule has 0 bridgehead atoms. The van der Waals surface area contributed by atoms with Crippen LogP contribution in [0.4, 0.5) is 0 Å². The predicted molar refractivity (Wildman–Crippen MR) is 99.6 cm³/mol. The number of nitrogens with one attached hydrogen (secondary N) is 1. The van der Waals surface area contributed by atoms with E-state index in [2.05, 4.69) is 56.9 Å². The Hall–Kier alpha value is -2.86. The second kappa shape index (κ2) is 6.80. The topological polar surface area (TPSA) is 74.8 Å². The molecule has 26 heavy (non-hydrogen) atoms. The van der Waals surface area contributed by atoms with Crippen molar-refractivity contribution in [3.63, 3.8) is 0 Å². The Morgan fingerprint density at radius 1 is 1.19 bits per heavy atom. The summed E-state index contributed by atoms with van der Waals surface area (Å²) in [4.78, 5) is 30.5. The number of H-pyrrole nitrogens is 1. The van der Waals surface area contributed by atoms with Crippen LogP contribution in [-0.2, 0) is 19.5 Å². The lowest BCUT2D eigenvalue weighted by molar-refractivity contribution is 0.241. The summed E-state index contributed by atoms with van der Waals surface area (Å²) in [5.74, 6) is 0.539. The fourth-order valence-corrected chi connectivity index (χ4v) is 3.40. The molecule has 6 nitrogen and oxygen atoms in total. The van der Waals surface area contributed by atoms with Crippen molar-refractivity contribution < 1.29 is 0 Å². The number of aryl methyl sites for hydroxylation is 1. The van der Waals surface area contributed by atoms with Crippen molar-refractivity contribution in [3.8, 4) is 11.4 Å². The Morgan fingerprint density at radius 2 is 2.00 bits per heavy atom. The third kappa shape index (κ3) is 3.15. The van der Waals surface area contributed by atoms with Crippen LogP contribution in [-0.4, -0.2) is 31.4 Å². The largest absolute Gasteiger partial charge is 0.306 e. The summed E-state index contributed by atoms with van der Waals surface area (Å²) in [6.45, 7) is 6.65. The summed E-state index contributed by atoms with van der Waals surface area (Å²) >= 11 is 0. The number of hydrogen-bond acceptors (Lipinski definition) is 5. The maximum Gasteiger partial charge on any atom is 0.255 e. The van der Waals surface area contributed by atoms with Gasteiger partial charge in [0.25, 0.3) is 5.56 Å². The molecule has 6 heteroatoms. The third-order valence-corrected chi connectivity index (χ3v) is 5.09. The average molecular weight is 347 g/mol. The van der Waals surface area contributed by atoms with Crippen molar-refractivity contribution in [1.29, 1.82) is 0 Å². The van der Waals surface area contributed by atoms with E-state index in [1.807, 2.05) is 0 Å². The first-order valence-corrected chi connectivity index (χ1v) is 8.76. The van der Waals surface area contributed by atoms with Crippen LogP contribution in [0.3, 0.4) is 0 Å². The SMILES string of the molecule is Cc1cccc(CN2CCc3nc(-c4cncnc4)[nH]c(=O)c3C2)c1C. The molecule has 0 fully saturated rings. The summed E-state index contributed by atoms with van der Waals surface area (Å²) in [5, 5.41) is 0. The molecule has 2 aromatic heterocycles. The van der Waals surface area contributed by atoms with Gasteiger partial charge in [-0.25, -0.2) is 15.0 Å². The molecule has 1 aliphatic rings. The number of nitrogens with zero attached hydrogens (tertiary/aromatic N) is 4. The van der Waals surface area contributed by atoms with Crippen LogP contribution in [0.5, 0.6) is 0 Å². The minimum atomic E-state index is -0.0699. The van der Waals surface area contributed by atoms with Crippen LogP contribution in [0, 0.1) is 13.8 Å². The van der Waals surface area contributed by atoms with E-state index < -0.39 is 0 Å². The second-order valence-electron chi connectivity index (χ2n) is 6.79. The van der Waals surface area contributed by atoms with Gasteiger partial charge >= 0.3 is 0 Å². The molecule has 0 saturated carbocycles. The molecule has 0 saturated heterocycles. The third-order valence-electron chi connectivity index (χ3n) is 5.09. The first-order chi connectivity index (χ1) is 12.6. The molecule has 0 radical (unpaired) electrons. The Balaban J connectivity index is 1.60. The lowest BCUT2D eigenvalue weighted by Crippen LogP contribution is -2.35. The monoisotopic (exact) mass is 347 g/mol. The number of fused-ring (bicyclic) bond motifs is 1. The highest BCUT2D eigenvalue weighted by Crippen LogP contribution is 2.21. The van der Waals surface area contributed by atoms with E-state index in [9.17, 15) is 4.79 Å². The zero-order valence-electron chi connectivity index (χ0n) is 15.0. The number of benzene rings is 1. The van der Waals surface area contributed by atoms with E-state index in [1.54, 1.807) is 12.4 Å². The lowest BCUT2D eigenvalue weighted by Gasteiger charge is -2.28. The fraction of sp³-hybridized carbons (Fsp3) is 0.300. The normalized spacial score (nSPS) is 14.2. The highest BCUT2D eigenvalue weighted by atomic mass is 16.1. The van der Waals surface area contributed by atoms with Gasteiger partial charge in [0, 0.05) is 38.4 Å². The summed E-state index contributed by atoms with van der Waals surface area (Å²) in [5.41, 5.74) is 6.24. The average Bonchev–Trinajstić information content (AvgIpc) is 2.66. The van der Waals surface area contributed by atoms with Gasteiger partial charge < -0.3 is 4.98 Å². The number of rotatable bonds is 3.